The van der Waals surface area contributed by atoms with Crippen molar-refractivity contribution in [1.82, 2.24) is 20.0 Å². The third-order valence-corrected chi connectivity index (χ3v) is 8.53. The van der Waals surface area contributed by atoms with Gasteiger partial charge in [-0.2, -0.15) is 13.2 Å². The van der Waals surface area contributed by atoms with Gasteiger partial charge < -0.3 is 15.1 Å². The fourth-order valence-electron chi connectivity index (χ4n) is 4.49. The lowest BCUT2D eigenvalue weighted by Gasteiger charge is -2.35. The Morgan fingerprint density at radius 3 is 2.49 bits per heavy atom. The summed E-state index contributed by atoms with van der Waals surface area (Å²) in [6.07, 6.45) is 2.87. The van der Waals surface area contributed by atoms with E-state index in [4.69, 9.17) is 11.6 Å². The highest BCUT2D eigenvalue weighted by Gasteiger charge is 2.31. The lowest BCUT2D eigenvalue weighted by molar-refractivity contribution is -0.132. The molecular weight excluding hydrogens is 545 g/mol. The molecule has 206 valence electrons. The number of nitrogens with zero attached hydrogens (tertiary/aromatic N) is 5. The standard InChI is InChI=1S/C23H30ClF3N6OS2.CH4/c1-16-29-30-22(35-16)33-13-11-31(12-14-33)8-2-3-21(34)32-9-6-17(7-10-32)28-18-4-5-19(24)20(15-18)36-23(25,26)27;/h4-5,15,17,28H,2-3,6-14H2,1H3;1H4. The number of piperidine rings is 1. The fraction of sp³-hybridized carbons (Fsp3) is 0.625. The third kappa shape index (κ3) is 8.90. The smallest absolute Gasteiger partial charge is 0.382 e. The number of hydrogen-bond acceptors (Lipinski definition) is 8. The summed E-state index contributed by atoms with van der Waals surface area (Å²) in [5.41, 5.74) is -3.78. The quantitative estimate of drug-likeness (QED) is 0.400. The molecule has 3 heterocycles. The average molecular weight is 579 g/mol. The van der Waals surface area contributed by atoms with Crippen molar-refractivity contribution >= 4 is 51.4 Å². The summed E-state index contributed by atoms with van der Waals surface area (Å²) in [5, 5.41) is 13.7. The van der Waals surface area contributed by atoms with Gasteiger partial charge in [0.2, 0.25) is 11.0 Å². The first kappa shape index (κ1) is 29.8. The number of benzene rings is 1. The molecule has 1 aromatic carbocycles. The van der Waals surface area contributed by atoms with Crippen LogP contribution in [0.1, 0.15) is 38.1 Å². The summed E-state index contributed by atoms with van der Waals surface area (Å²) in [4.78, 5) is 19.3. The van der Waals surface area contributed by atoms with Crippen molar-refractivity contribution < 1.29 is 18.0 Å². The first-order valence-electron chi connectivity index (χ1n) is 12.0. The van der Waals surface area contributed by atoms with Gasteiger partial charge in [0.1, 0.15) is 5.01 Å². The predicted octanol–water partition coefficient (Wildman–Crippen LogP) is 5.75. The summed E-state index contributed by atoms with van der Waals surface area (Å²) in [7, 11) is 0. The van der Waals surface area contributed by atoms with Crippen LogP contribution in [0.4, 0.5) is 24.0 Å². The van der Waals surface area contributed by atoms with Crippen LogP contribution in [0.15, 0.2) is 23.1 Å². The number of nitrogens with one attached hydrogen (secondary N) is 1. The highest BCUT2D eigenvalue weighted by atomic mass is 35.5. The summed E-state index contributed by atoms with van der Waals surface area (Å²) in [6, 6.07) is 4.71. The maximum Gasteiger partial charge on any atom is 0.446 e. The average Bonchev–Trinajstić information content (AvgIpc) is 3.27. The van der Waals surface area contributed by atoms with Crippen LogP contribution in [0.5, 0.6) is 0 Å². The number of aromatic nitrogens is 2. The van der Waals surface area contributed by atoms with Crippen molar-refractivity contribution in [1.29, 1.82) is 0 Å². The second-order valence-electron chi connectivity index (χ2n) is 9.03. The molecule has 4 rings (SSSR count). The molecule has 2 saturated heterocycles. The Balaban J connectivity index is 0.00000380. The first-order valence-corrected chi connectivity index (χ1v) is 14.0. The van der Waals surface area contributed by atoms with Gasteiger partial charge in [-0.1, -0.05) is 30.4 Å². The van der Waals surface area contributed by atoms with Gasteiger partial charge in [0.25, 0.3) is 0 Å². The molecule has 0 saturated carbocycles. The molecule has 1 amide bonds. The zero-order chi connectivity index (χ0) is 25.7. The molecule has 2 aliphatic heterocycles. The number of alkyl halides is 3. The fourth-order valence-corrected chi connectivity index (χ4v) is 6.07. The van der Waals surface area contributed by atoms with E-state index in [9.17, 15) is 18.0 Å². The van der Waals surface area contributed by atoms with Crippen LogP contribution in [0.3, 0.4) is 0 Å². The second-order valence-corrected chi connectivity index (χ2v) is 11.7. The van der Waals surface area contributed by atoms with Gasteiger partial charge in [-0.05, 0) is 62.7 Å². The van der Waals surface area contributed by atoms with Crippen LogP contribution >= 0.6 is 34.7 Å². The van der Waals surface area contributed by atoms with Gasteiger partial charge in [0.05, 0.1) is 5.02 Å². The highest BCUT2D eigenvalue weighted by molar-refractivity contribution is 8.00. The molecule has 2 fully saturated rings. The number of rotatable bonds is 8. The minimum Gasteiger partial charge on any atom is -0.382 e. The monoisotopic (exact) mass is 578 g/mol. The van der Waals surface area contributed by atoms with E-state index in [1.54, 1.807) is 17.4 Å². The predicted molar refractivity (Wildman–Crippen MR) is 146 cm³/mol. The number of carbonyl (C=O) groups excluding carboxylic acids is 1. The van der Waals surface area contributed by atoms with Crippen LogP contribution in [-0.4, -0.2) is 83.3 Å². The summed E-state index contributed by atoms with van der Waals surface area (Å²) in [6.45, 7) is 7.92. The molecule has 0 radical (unpaired) electrons. The van der Waals surface area contributed by atoms with Crippen molar-refractivity contribution in [3.8, 4) is 0 Å². The Labute approximate surface area is 229 Å². The minimum atomic E-state index is -4.39. The molecule has 0 bridgehead atoms. The van der Waals surface area contributed by atoms with E-state index in [2.05, 4.69) is 25.3 Å². The van der Waals surface area contributed by atoms with Crippen LogP contribution < -0.4 is 10.2 Å². The second kappa shape index (κ2) is 13.3. The van der Waals surface area contributed by atoms with E-state index in [-0.39, 0.29) is 41.1 Å². The molecule has 37 heavy (non-hydrogen) atoms. The Morgan fingerprint density at radius 2 is 1.86 bits per heavy atom. The van der Waals surface area contributed by atoms with Crippen molar-refractivity contribution in [3.63, 3.8) is 0 Å². The number of likely N-dealkylation sites (tertiary alicyclic amines) is 1. The molecule has 2 aliphatic rings. The summed E-state index contributed by atoms with van der Waals surface area (Å²) < 4.78 is 38.2. The number of carbonyl (C=O) groups is 1. The van der Waals surface area contributed by atoms with E-state index in [0.29, 0.717) is 25.2 Å². The molecule has 0 spiro atoms. The van der Waals surface area contributed by atoms with E-state index >= 15 is 0 Å². The van der Waals surface area contributed by atoms with Gasteiger partial charge in [0, 0.05) is 62.3 Å². The number of thioether (sulfide) groups is 1. The van der Waals surface area contributed by atoms with Crippen molar-refractivity contribution in [2.24, 2.45) is 0 Å². The lowest BCUT2D eigenvalue weighted by atomic mass is 10.0. The molecule has 0 aliphatic carbocycles. The number of hydrogen-bond donors (Lipinski definition) is 1. The molecule has 0 unspecified atom stereocenters. The molecule has 2 aromatic rings. The molecule has 1 N–H and O–H groups in total. The van der Waals surface area contributed by atoms with Gasteiger partial charge in [-0.3, -0.25) is 9.69 Å². The molecule has 0 atom stereocenters. The maximum absolute atomic E-state index is 12.7. The molecule has 7 nitrogen and oxygen atoms in total. The summed E-state index contributed by atoms with van der Waals surface area (Å²) in [5.74, 6) is 0.173. The van der Waals surface area contributed by atoms with E-state index < -0.39 is 5.51 Å². The minimum absolute atomic E-state index is 0. The number of halogens is 4. The van der Waals surface area contributed by atoms with Crippen LogP contribution in [0, 0.1) is 6.92 Å². The normalized spacial score (nSPS) is 17.5. The van der Waals surface area contributed by atoms with E-state index in [1.165, 1.54) is 12.1 Å². The van der Waals surface area contributed by atoms with Crippen LogP contribution in [0.2, 0.25) is 5.02 Å². The van der Waals surface area contributed by atoms with Gasteiger partial charge >= 0.3 is 5.51 Å². The Bertz CT molecular complexity index is 1020. The molecule has 1 aromatic heterocycles. The number of anilines is 2. The van der Waals surface area contributed by atoms with E-state index in [0.717, 1.165) is 62.1 Å². The topological polar surface area (TPSA) is 64.6 Å². The van der Waals surface area contributed by atoms with Gasteiger partial charge in [-0.25, -0.2) is 0 Å². The SMILES string of the molecule is C.Cc1nnc(N2CCN(CCCC(=O)N3CCC(Nc4ccc(Cl)c(SC(F)(F)F)c4)CC3)CC2)s1. The Kier molecular flexibility index (Phi) is 10.7. The summed E-state index contributed by atoms with van der Waals surface area (Å²) >= 11 is 7.33. The number of piperazine rings is 1. The Hall–Kier alpha value is -1.76. The zero-order valence-electron chi connectivity index (χ0n) is 20.1. The maximum atomic E-state index is 12.7. The molecule has 13 heteroatoms. The highest BCUT2D eigenvalue weighted by Crippen LogP contribution is 2.41. The number of amides is 1. The molecular formula is C24H34ClF3N6OS2. The van der Waals surface area contributed by atoms with Crippen molar-refractivity contribution in [2.45, 2.75) is 56.5 Å². The van der Waals surface area contributed by atoms with Crippen molar-refractivity contribution in [2.75, 3.05) is 56.0 Å². The largest absolute Gasteiger partial charge is 0.446 e. The van der Waals surface area contributed by atoms with Gasteiger partial charge in [0.15, 0.2) is 0 Å². The third-order valence-electron chi connectivity index (χ3n) is 6.40. The number of aryl methyl sites for hydroxylation is 1. The van der Waals surface area contributed by atoms with Crippen LogP contribution in [0.25, 0.3) is 0 Å². The zero-order valence-corrected chi connectivity index (χ0v) is 22.4. The van der Waals surface area contributed by atoms with E-state index in [1.807, 2.05) is 11.8 Å². The van der Waals surface area contributed by atoms with Crippen molar-refractivity contribution in [3.05, 3.63) is 28.2 Å². The van der Waals surface area contributed by atoms with Crippen LogP contribution in [-0.2, 0) is 4.79 Å². The Morgan fingerprint density at radius 1 is 1.16 bits per heavy atom. The van der Waals surface area contributed by atoms with Gasteiger partial charge in [-0.15, -0.1) is 10.2 Å². The lowest BCUT2D eigenvalue weighted by Crippen LogP contribution is -2.47. The first-order chi connectivity index (χ1) is 17.2.